The normalized spacial score (nSPS) is 35.0. The summed E-state index contributed by atoms with van der Waals surface area (Å²) in [4.78, 5) is 3.69. The van der Waals surface area contributed by atoms with E-state index in [1.807, 2.05) is 0 Å². The van der Waals surface area contributed by atoms with E-state index >= 15 is 0 Å². The molecule has 0 aromatic heterocycles. The van der Waals surface area contributed by atoms with Gasteiger partial charge in [-0.05, 0) is 19.3 Å². The van der Waals surface area contributed by atoms with Crippen molar-refractivity contribution in [2.24, 2.45) is 4.99 Å². The van der Waals surface area contributed by atoms with Gasteiger partial charge in [-0.3, -0.25) is 4.99 Å². The van der Waals surface area contributed by atoms with Crippen molar-refractivity contribution in [2.45, 2.75) is 37.0 Å². The molecular weight excluding hydrogens is 149 g/mol. The second-order valence-corrected chi connectivity index (χ2v) is 3.45. The van der Waals surface area contributed by atoms with Gasteiger partial charge in [0.1, 0.15) is 0 Å². The Morgan fingerprint density at radius 3 is 2.90 bits per heavy atom. The quantitative estimate of drug-likeness (QED) is 0.447. The number of nitrogens with zero attached hydrogens (tertiary/aromatic N) is 1. The van der Waals surface area contributed by atoms with Gasteiger partial charge < -0.3 is 0 Å². The monoisotopic (exact) mass is 161 g/mol. The lowest BCUT2D eigenvalue weighted by Crippen LogP contribution is -2.18. The Morgan fingerprint density at radius 2 is 2.30 bits per heavy atom. The summed E-state index contributed by atoms with van der Waals surface area (Å²) >= 11 is 4.32. The van der Waals surface area contributed by atoms with Crippen LogP contribution in [0.25, 0.3) is 0 Å². The van der Waals surface area contributed by atoms with Crippen LogP contribution in [0, 0.1) is 0 Å². The van der Waals surface area contributed by atoms with Gasteiger partial charge in [-0.2, -0.15) is 17.0 Å². The van der Waals surface area contributed by atoms with Crippen LogP contribution in [-0.2, 0) is 0 Å². The Morgan fingerprint density at radius 1 is 1.50 bits per heavy atom. The average Bonchev–Trinajstić information content (AvgIpc) is 1.88. The zero-order chi connectivity index (χ0) is 7.40. The van der Waals surface area contributed by atoms with Gasteiger partial charge in [0, 0.05) is 5.25 Å². The molecule has 2 atom stereocenters. The smallest absolute Gasteiger partial charge is 0.171 e. The van der Waals surface area contributed by atoms with Crippen molar-refractivity contribution in [1.29, 1.82) is 0 Å². The lowest BCUT2D eigenvalue weighted by Gasteiger charge is -2.22. The maximum atomic E-state index is 11.6. The van der Waals surface area contributed by atoms with Gasteiger partial charge in [0.2, 0.25) is 0 Å². The van der Waals surface area contributed by atoms with Crippen LogP contribution in [0.15, 0.2) is 4.99 Å². The lowest BCUT2D eigenvalue weighted by atomic mass is 9.96. The molecule has 3 heteroatoms. The van der Waals surface area contributed by atoms with Gasteiger partial charge in [0.05, 0.1) is 6.04 Å². The van der Waals surface area contributed by atoms with Crippen molar-refractivity contribution in [2.75, 3.05) is 0 Å². The fourth-order valence-electron chi connectivity index (χ4n) is 1.35. The highest BCUT2D eigenvalue weighted by molar-refractivity contribution is 7.80. The SMILES string of the molecule is FC=NC1CCCC(S)C1. The summed E-state index contributed by atoms with van der Waals surface area (Å²) in [6.07, 6.45) is 4.25. The number of hydrogen-bond acceptors (Lipinski definition) is 2. The Hall–Kier alpha value is -0.0500. The van der Waals surface area contributed by atoms with Crippen molar-refractivity contribution >= 4 is 19.1 Å². The molecule has 1 fully saturated rings. The zero-order valence-corrected chi connectivity index (χ0v) is 6.73. The fraction of sp³-hybridized carbons (Fsp3) is 0.857. The summed E-state index contributed by atoms with van der Waals surface area (Å²) in [5.41, 5.74) is 0. The number of hydrogen-bond donors (Lipinski definition) is 1. The van der Waals surface area contributed by atoms with E-state index in [1.54, 1.807) is 0 Å². The first kappa shape index (κ1) is 8.05. The van der Waals surface area contributed by atoms with E-state index in [-0.39, 0.29) is 6.04 Å². The summed E-state index contributed by atoms with van der Waals surface area (Å²) in [5, 5.41) is 0.433. The number of halogens is 1. The fourth-order valence-corrected chi connectivity index (χ4v) is 1.78. The molecule has 2 unspecified atom stereocenters. The van der Waals surface area contributed by atoms with E-state index in [9.17, 15) is 4.39 Å². The Bertz CT molecular complexity index is 127. The molecule has 0 N–H and O–H groups in total. The standard InChI is InChI=1S/C7H12FNS/c8-5-9-6-2-1-3-7(10)4-6/h5-7,10H,1-4H2. The molecule has 1 saturated carbocycles. The number of aliphatic imine (C=N–C) groups is 1. The van der Waals surface area contributed by atoms with Crippen LogP contribution in [-0.4, -0.2) is 17.8 Å². The first-order valence-electron chi connectivity index (χ1n) is 3.63. The predicted molar refractivity (Wildman–Crippen MR) is 44.6 cm³/mol. The largest absolute Gasteiger partial charge is 0.261 e. The van der Waals surface area contributed by atoms with E-state index in [2.05, 4.69) is 17.6 Å². The average molecular weight is 161 g/mol. The molecule has 0 aliphatic heterocycles. The van der Waals surface area contributed by atoms with E-state index in [0.29, 0.717) is 11.7 Å². The third-order valence-corrected chi connectivity index (χ3v) is 2.36. The predicted octanol–water partition coefficient (Wildman–Crippen LogP) is 2.23. The van der Waals surface area contributed by atoms with Gasteiger partial charge >= 0.3 is 0 Å². The van der Waals surface area contributed by atoms with Crippen LogP contribution < -0.4 is 0 Å². The maximum absolute atomic E-state index is 11.6. The lowest BCUT2D eigenvalue weighted by molar-refractivity contribution is 0.453. The molecule has 0 spiro atoms. The molecule has 0 bridgehead atoms. The van der Waals surface area contributed by atoms with Crippen molar-refractivity contribution in [3.8, 4) is 0 Å². The van der Waals surface area contributed by atoms with Gasteiger partial charge in [-0.1, -0.05) is 6.42 Å². The molecule has 1 aliphatic carbocycles. The van der Waals surface area contributed by atoms with Crippen LogP contribution in [0.3, 0.4) is 0 Å². The topological polar surface area (TPSA) is 12.4 Å². The highest BCUT2D eigenvalue weighted by Crippen LogP contribution is 2.24. The second kappa shape index (κ2) is 3.96. The molecule has 0 amide bonds. The van der Waals surface area contributed by atoms with Crippen LogP contribution in [0.5, 0.6) is 0 Å². The molecule has 10 heavy (non-hydrogen) atoms. The van der Waals surface area contributed by atoms with Crippen LogP contribution in [0.2, 0.25) is 0 Å². The first-order valence-corrected chi connectivity index (χ1v) is 4.14. The van der Waals surface area contributed by atoms with Crippen molar-refractivity contribution in [3.63, 3.8) is 0 Å². The Kier molecular flexibility index (Phi) is 3.19. The molecule has 1 aliphatic rings. The van der Waals surface area contributed by atoms with Crippen LogP contribution in [0.1, 0.15) is 25.7 Å². The zero-order valence-electron chi connectivity index (χ0n) is 5.83. The summed E-state index contributed by atoms with van der Waals surface area (Å²) in [6.45, 7) is 0.413. The summed E-state index contributed by atoms with van der Waals surface area (Å²) < 4.78 is 11.6. The second-order valence-electron chi connectivity index (χ2n) is 2.72. The number of thiol groups is 1. The van der Waals surface area contributed by atoms with E-state index in [4.69, 9.17) is 0 Å². The summed E-state index contributed by atoms with van der Waals surface area (Å²) in [6, 6.07) is 0.196. The molecule has 0 saturated heterocycles. The molecule has 0 aromatic rings. The Labute approximate surface area is 66.1 Å². The highest BCUT2D eigenvalue weighted by atomic mass is 32.1. The van der Waals surface area contributed by atoms with Gasteiger partial charge in [0.15, 0.2) is 6.47 Å². The van der Waals surface area contributed by atoms with Crippen LogP contribution >= 0.6 is 12.6 Å². The van der Waals surface area contributed by atoms with E-state index in [1.165, 1.54) is 0 Å². The third-order valence-electron chi connectivity index (χ3n) is 1.89. The minimum atomic E-state index is 0.196. The van der Waals surface area contributed by atoms with Crippen molar-refractivity contribution in [3.05, 3.63) is 0 Å². The number of rotatable bonds is 1. The minimum Gasteiger partial charge on any atom is -0.261 e. The molecular formula is C7H12FNS. The van der Waals surface area contributed by atoms with E-state index in [0.717, 1.165) is 25.7 Å². The molecule has 58 valence electrons. The first-order chi connectivity index (χ1) is 4.83. The molecule has 0 radical (unpaired) electrons. The summed E-state index contributed by atoms with van der Waals surface area (Å²) in [7, 11) is 0. The van der Waals surface area contributed by atoms with Crippen molar-refractivity contribution < 1.29 is 4.39 Å². The third kappa shape index (κ3) is 2.29. The molecule has 0 heterocycles. The molecule has 1 rings (SSSR count). The maximum Gasteiger partial charge on any atom is 0.171 e. The van der Waals surface area contributed by atoms with Gasteiger partial charge in [-0.25, -0.2) is 0 Å². The van der Waals surface area contributed by atoms with Gasteiger partial charge in [0.25, 0.3) is 0 Å². The minimum absolute atomic E-state index is 0.196. The van der Waals surface area contributed by atoms with Crippen molar-refractivity contribution in [1.82, 2.24) is 0 Å². The molecule has 1 nitrogen and oxygen atoms in total. The molecule has 0 aromatic carbocycles. The summed E-state index contributed by atoms with van der Waals surface area (Å²) in [5.74, 6) is 0. The van der Waals surface area contributed by atoms with E-state index < -0.39 is 0 Å². The van der Waals surface area contributed by atoms with Crippen LogP contribution in [0.4, 0.5) is 4.39 Å². The van der Waals surface area contributed by atoms with Gasteiger partial charge in [-0.15, -0.1) is 0 Å². The Balaban J connectivity index is 2.32. The highest BCUT2D eigenvalue weighted by Gasteiger charge is 2.17.